The summed E-state index contributed by atoms with van der Waals surface area (Å²) in [5, 5.41) is 3.12. The molecule has 1 fully saturated rings. The van der Waals surface area contributed by atoms with Crippen molar-refractivity contribution in [2.75, 3.05) is 27.7 Å². The molecule has 0 bridgehead atoms. The van der Waals surface area contributed by atoms with Crippen molar-refractivity contribution in [3.8, 4) is 5.75 Å². The van der Waals surface area contributed by atoms with Gasteiger partial charge in [-0.05, 0) is 26.0 Å². The molecule has 1 aliphatic carbocycles. The van der Waals surface area contributed by atoms with Gasteiger partial charge in [0.05, 0.1) is 12.5 Å². The van der Waals surface area contributed by atoms with Gasteiger partial charge >= 0.3 is 0 Å². The number of nitrogens with zero attached hydrogens (tertiary/aromatic N) is 1. The number of para-hydroxylation sites is 1. The van der Waals surface area contributed by atoms with Gasteiger partial charge < -0.3 is 15.0 Å². The van der Waals surface area contributed by atoms with Crippen LogP contribution < -0.4 is 10.1 Å². The first kappa shape index (κ1) is 13.9. The van der Waals surface area contributed by atoms with Gasteiger partial charge in [-0.2, -0.15) is 0 Å². The van der Waals surface area contributed by atoms with E-state index in [1.165, 1.54) is 0 Å². The average molecular weight is 262 g/mol. The molecule has 2 rings (SSSR count). The van der Waals surface area contributed by atoms with Gasteiger partial charge in [-0.1, -0.05) is 18.2 Å². The van der Waals surface area contributed by atoms with Gasteiger partial charge in [0.1, 0.15) is 5.75 Å². The zero-order chi connectivity index (χ0) is 13.9. The van der Waals surface area contributed by atoms with Crippen LogP contribution >= 0.6 is 0 Å². The Hall–Kier alpha value is -1.55. The van der Waals surface area contributed by atoms with Gasteiger partial charge in [0.2, 0.25) is 5.91 Å². The minimum absolute atomic E-state index is 0.161. The average Bonchev–Trinajstić information content (AvgIpc) is 3.20. The molecular formula is C15H22N2O2. The maximum absolute atomic E-state index is 12.5. The Kier molecular flexibility index (Phi) is 4.10. The van der Waals surface area contributed by atoms with E-state index in [4.69, 9.17) is 4.74 Å². The number of rotatable bonds is 6. The highest BCUT2D eigenvalue weighted by Crippen LogP contribution is 2.46. The molecule has 0 aliphatic heterocycles. The fourth-order valence-corrected chi connectivity index (χ4v) is 2.52. The monoisotopic (exact) mass is 262 g/mol. The summed E-state index contributed by atoms with van der Waals surface area (Å²) in [6.07, 6.45) is 1.98. The predicted octanol–water partition coefficient (Wildman–Crippen LogP) is 1.65. The quantitative estimate of drug-likeness (QED) is 0.847. The van der Waals surface area contributed by atoms with Crippen molar-refractivity contribution in [1.29, 1.82) is 0 Å². The zero-order valence-corrected chi connectivity index (χ0v) is 11.9. The molecule has 19 heavy (non-hydrogen) atoms. The summed E-state index contributed by atoms with van der Waals surface area (Å²) in [5.41, 5.74) is 0.881. The minimum atomic E-state index is -0.161. The van der Waals surface area contributed by atoms with Crippen LogP contribution in [0.25, 0.3) is 0 Å². The van der Waals surface area contributed by atoms with E-state index >= 15 is 0 Å². The van der Waals surface area contributed by atoms with Gasteiger partial charge in [0, 0.05) is 25.7 Å². The molecule has 0 spiro atoms. The van der Waals surface area contributed by atoms with E-state index in [2.05, 4.69) is 5.32 Å². The van der Waals surface area contributed by atoms with E-state index in [-0.39, 0.29) is 11.3 Å². The Labute approximate surface area is 114 Å². The number of amides is 1. The van der Waals surface area contributed by atoms with E-state index in [1.807, 2.05) is 43.3 Å². The summed E-state index contributed by atoms with van der Waals surface area (Å²) >= 11 is 0. The molecule has 4 heteroatoms. The topological polar surface area (TPSA) is 41.6 Å². The van der Waals surface area contributed by atoms with Crippen molar-refractivity contribution >= 4 is 5.91 Å². The van der Waals surface area contributed by atoms with E-state index < -0.39 is 0 Å². The third-order valence-corrected chi connectivity index (χ3v) is 3.77. The second kappa shape index (κ2) is 5.61. The van der Waals surface area contributed by atoms with Crippen LogP contribution in [-0.4, -0.2) is 38.6 Å². The number of carbonyl (C=O) groups is 1. The van der Waals surface area contributed by atoms with E-state index in [1.54, 1.807) is 7.11 Å². The number of benzene rings is 1. The lowest BCUT2D eigenvalue weighted by atomic mass is 10.1. The summed E-state index contributed by atoms with van der Waals surface area (Å²) in [4.78, 5) is 14.3. The molecule has 0 atom stereocenters. The fraction of sp³-hybridized carbons (Fsp3) is 0.533. The molecule has 0 unspecified atom stereocenters. The maximum Gasteiger partial charge on any atom is 0.230 e. The molecule has 1 aromatic rings. The third-order valence-electron chi connectivity index (χ3n) is 3.77. The number of methoxy groups -OCH3 is 1. The predicted molar refractivity (Wildman–Crippen MR) is 75.1 cm³/mol. The highest BCUT2D eigenvalue weighted by molar-refractivity contribution is 5.85. The molecule has 1 N–H and O–H groups in total. The summed E-state index contributed by atoms with van der Waals surface area (Å²) in [7, 11) is 5.42. The number of nitrogens with one attached hydrogen (secondary N) is 1. The van der Waals surface area contributed by atoms with Crippen LogP contribution in [0.3, 0.4) is 0 Å². The minimum Gasteiger partial charge on any atom is -0.496 e. The Balaban J connectivity index is 2.05. The first-order valence-corrected chi connectivity index (χ1v) is 6.65. The molecular weight excluding hydrogens is 240 g/mol. The summed E-state index contributed by atoms with van der Waals surface area (Å²) in [5.74, 6) is 1.06. The van der Waals surface area contributed by atoms with Crippen molar-refractivity contribution in [3.05, 3.63) is 29.8 Å². The van der Waals surface area contributed by atoms with Crippen molar-refractivity contribution in [3.63, 3.8) is 0 Å². The van der Waals surface area contributed by atoms with Gasteiger partial charge in [0.15, 0.2) is 0 Å². The lowest BCUT2D eigenvalue weighted by Crippen LogP contribution is -2.38. The summed E-state index contributed by atoms with van der Waals surface area (Å²) < 4.78 is 5.32. The largest absolute Gasteiger partial charge is 0.496 e. The highest BCUT2D eigenvalue weighted by atomic mass is 16.5. The molecule has 0 saturated heterocycles. The second-order valence-electron chi connectivity index (χ2n) is 5.28. The van der Waals surface area contributed by atoms with Gasteiger partial charge in [0.25, 0.3) is 0 Å². The fourth-order valence-electron chi connectivity index (χ4n) is 2.52. The van der Waals surface area contributed by atoms with E-state index in [9.17, 15) is 4.79 Å². The van der Waals surface area contributed by atoms with Crippen molar-refractivity contribution in [1.82, 2.24) is 10.2 Å². The number of ether oxygens (including phenoxy) is 1. The van der Waals surface area contributed by atoms with Crippen LogP contribution in [-0.2, 0) is 11.3 Å². The van der Waals surface area contributed by atoms with Crippen LogP contribution in [0.5, 0.6) is 5.75 Å². The normalized spacial score (nSPS) is 15.9. The third kappa shape index (κ3) is 2.89. The first-order chi connectivity index (χ1) is 9.13. The van der Waals surface area contributed by atoms with Crippen LogP contribution in [0.15, 0.2) is 24.3 Å². The van der Waals surface area contributed by atoms with E-state index in [0.717, 1.165) is 30.7 Å². The highest BCUT2D eigenvalue weighted by Gasteiger charge is 2.50. The second-order valence-corrected chi connectivity index (χ2v) is 5.28. The lowest BCUT2D eigenvalue weighted by Gasteiger charge is -2.24. The number of carbonyl (C=O) groups excluding carboxylic acids is 1. The summed E-state index contributed by atoms with van der Waals surface area (Å²) in [6, 6.07) is 7.83. The maximum atomic E-state index is 12.5. The summed E-state index contributed by atoms with van der Waals surface area (Å²) in [6.45, 7) is 1.36. The van der Waals surface area contributed by atoms with Gasteiger partial charge in [-0.25, -0.2) is 0 Å². The molecule has 0 aromatic heterocycles. The Morgan fingerprint density at radius 3 is 2.68 bits per heavy atom. The Bertz CT molecular complexity index is 455. The number of hydrogen-bond donors (Lipinski definition) is 1. The molecule has 1 amide bonds. The molecule has 1 aromatic carbocycles. The lowest BCUT2D eigenvalue weighted by molar-refractivity contribution is -0.136. The first-order valence-electron chi connectivity index (χ1n) is 6.65. The van der Waals surface area contributed by atoms with Crippen LogP contribution in [0.4, 0.5) is 0 Å². The van der Waals surface area contributed by atoms with Crippen molar-refractivity contribution < 1.29 is 9.53 Å². The molecule has 4 nitrogen and oxygen atoms in total. The molecule has 0 radical (unpaired) electrons. The zero-order valence-electron chi connectivity index (χ0n) is 11.9. The van der Waals surface area contributed by atoms with Crippen LogP contribution in [0.1, 0.15) is 18.4 Å². The molecule has 1 aliphatic rings. The van der Waals surface area contributed by atoms with Gasteiger partial charge in [-0.15, -0.1) is 0 Å². The van der Waals surface area contributed by atoms with Crippen molar-refractivity contribution in [2.24, 2.45) is 5.41 Å². The molecule has 1 saturated carbocycles. The Morgan fingerprint density at radius 1 is 1.42 bits per heavy atom. The van der Waals surface area contributed by atoms with Crippen molar-refractivity contribution in [2.45, 2.75) is 19.4 Å². The molecule has 104 valence electrons. The Morgan fingerprint density at radius 2 is 2.11 bits per heavy atom. The van der Waals surface area contributed by atoms with Crippen LogP contribution in [0.2, 0.25) is 0 Å². The SMILES string of the molecule is CNCC1(C(=O)N(C)Cc2ccccc2OC)CC1. The number of hydrogen-bond acceptors (Lipinski definition) is 3. The van der Waals surface area contributed by atoms with Crippen LogP contribution in [0, 0.1) is 5.41 Å². The molecule has 0 heterocycles. The van der Waals surface area contributed by atoms with E-state index in [0.29, 0.717) is 6.54 Å². The smallest absolute Gasteiger partial charge is 0.230 e. The van der Waals surface area contributed by atoms with Gasteiger partial charge in [-0.3, -0.25) is 4.79 Å². The standard InChI is InChI=1S/C15H22N2O2/c1-16-11-15(8-9-15)14(18)17(2)10-12-6-4-5-7-13(12)19-3/h4-7,16H,8-11H2,1-3H3.